The van der Waals surface area contributed by atoms with Gasteiger partial charge in [-0.3, -0.25) is 4.79 Å². The van der Waals surface area contributed by atoms with E-state index in [2.05, 4.69) is 26.6 Å². The van der Waals surface area contributed by atoms with E-state index < -0.39 is 5.92 Å². The number of halogens is 2. The molecular weight excluding hydrogens is 360 g/mol. The van der Waals surface area contributed by atoms with Gasteiger partial charge in [-0.2, -0.15) is 13.9 Å². The van der Waals surface area contributed by atoms with Crippen molar-refractivity contribution in [3.63, 3.8) is 0 Å². The summed E-state index contributed by atoms with van der Waals surface area (Å²) < 4.78 is 32.6. The number of alkyl halides is 2. The van der Waals surface area contributed by atoms with E-state index in [9.17, 15) is 13.6 Å². The molecule has 0 saturated carbocycles. The van der Waals surface area contributed by atoms with Crippen molar-refractivity contribution in [2.45, 2.75) is 19.8 Å². The number of nitrogens with zero attached hydrogens (tertiary/aromatic N) is 4. The van der Waals surface area contributed by atoms with Crippen LogP contribution in [0.3, 0.4) is 0 Å². The summed E-state index contributed by atoms with van der Waals surface area (Å²) in [4.78, 5) is 12.6. The molecule has 2 aromatic heterocycles. The molecule has 0 unspecified atom stereocenters. The highest BCUT2D eigenvalue weighted by molar-refractivity contribution is 7.08. The molecule has 6 nitrogen and oxygen atoms in total. The van der Waals surface area contributed by atoms with Crippen molar-refractivity contribution in [2.24, 2.45) is 0 Å². The number of nitrogens with one attached hydrogen (secondary N) is 1. The van der Waals surface area contributed by atoms with Crippen molar-refractivity contribution in [3.05, 3.63) is 64.9 Å². The lowest BCUT2D eigenvalue weighted by molar-refractivity contribution is 0.0472. The van der Waals surface area contributed by atoms with Crippen LogP contribution in [0.15, 0.2) is 43.0 Å². The summed E-state index contributed by atoms with van der Waals surface area (Å²) >= 11 is 1.02. The lowest BCUT2D eigenvalue weighted by Gasteiger charge is -2.08. The third-order valence-electron chi connectivity index (χ3n) is 3.71. The maximum atomic E-state index is 13.7. The van der Waals surface area contributed by atoms with Crippen molar-refractivity contribution in [3.8, 4) is 5.69 Å². The Kier molecular flexibility index (Phi) is 4.64. The average Bonchev–Trinajstić information content (AvgIpc) is 3.22. The van der Waals surface area contributed by atoms with E-state index in [1.807, 2.05) is 0 Å². The zero-order valence-electron chi connectivity index (χ0n) is 14.0. The van der Waals surface area contributed by atoms with Gasteiger partial charge in [-0.1, -0.05) is 11.1 Å². The van der Waals surface area contributed by atoms with E-state index in [0.29, 0.717) is 33.7 Å². The van der Waals surface area contributed by atoms with E-state index in [0.717, 1.165) is 11.5 Å². The molecule has 1 amide bonds. The van der Waals surface area contributed by atoms with Crippen molar-refractivity contribution in [1.82, 2.24) is 19.4 Å². The lowest BCUT2D eigenvalue weighted by Crippen LogP contribution is -2.12. The molecule has 3 aromatic rings. The standard InChI is InChI=1S/C17H15F2N5OS/c1-4-17(18,19)14-9-10(2)24(22-14)13-7-5-12(6-8-13)20-16(25)15-11(3)21-23-26-15/h4-9H,1H2,2-3H3,(H,20,25). The smallest absolute Gasteiger partial charge is 0.309 e. The highest BCUT2D eigenvalue weighted by Gasteiger charge is 2.31. The van der Waals surface area contributed by atoms with Gasteiger partial charge in [-0.05, 0) is 61.8 Å². The number of amides is 1. The molecule has 1 N–H and O–H groups in total. The number of carbonyl (C=O) groups is 1. The minimum Gasteiger partial charge on any atom is -0.321 e. The molecule has 0 spiro atoms. The normalized spacial score (nSPS) is 11.4. The summed E-state index contributed by atoms with van der Waals surface area (Å²) in [6, 6.07) is 8.02. The van der Waals surface area contributed by atoms with Crippen LogP contribution in [-0.2, 0) is 5.92 Å². The molecule has 1 aromatic carbocycles. The van der Waals surface area contributed by atoms with Gasteiger partial charge < -0.3 is 5.32 Å². The van der Waals surface area contributed by atoms with E-state index >= 15 is 0 Å². The van der Waals surface area contributed by atoms with Crippen LogP contribution >= 0.6 is 11.5 Å². The fourth-order valence-electron chi connectivity index (χ4n) is 2.32. The first-order valence-corrected chi connectivity index (χ1v) is 8.38. The molecule has 0 bridgehead atoms. The number of aromatic nitrogens is 4. The van der Waals surface area contributed by atoms with Crippen LogP contribution in [0.4, 0.5) is 14.5 Å². The summed E-state index contributed by atoms with van der Waals surface area (Å²) in [5.74, 6) is -3.49. The summed E-state index contributed by atoms with van der Waals surface area (Å²) in [7, 11) is 0. The number of anilines is 1. The molecule has 0 atom stereocenters. The molecule has 26 heavy (non-hydrogen) atoms. The first kappa shape index (κ1) is 17.9. The van der Waals surface area contributed by atoms with Gasteiger partial charge in [-0.15, -0.1) is 5.10 Å². The van der Waals surface area contributed by atoms with Crippen molar-refractivity contribution in [2.75, 3.05) is 5.32 Å². The molecule has 9 heteroatoms. The number of benzene rings is 1. The Morgan fingerprint density at radius 1 is 1.31 bits per heavy atom. The van der Waals surface area contributed by atoms with Gasteiger partial charge in [0.2, 0.25) is 0 Å². The highest BCUT2D eigenvalue weighted by Crippen LogP contribution is 2.29. The Morgan fingerprint density at radius 3 is 2.58 bits per heavy atom. The van der Waals surface area contributed by atoms with Crippen LogP contribution in [0.2, 0.25) is 0 Å². The minimum absolute atomic E-state index is 0.298. The van der Waals surface area contributed by atoms with Gasteiger partial charge in [-0.25, -0.2) is 4.68 Å². The second kappa shape index (κ2) is 6.75. The molecule has 134 valence electrons. The summed E-state index contributed by atoms with van der Waals surface area (Å²) in [5.41, 5.74) is 1.92. The average molecular weight is 375 g/mol. The van der Waals surface area contributed by atoms with Crippen LogP contribution < -0.4 is 5.32 Å². The highest BCUT2D eigenvalue weighted by atomic mass is 32.1. The summed E-state index contributed by atoms with van der Waals surface area (Å²) in [6.45, 7) is 6.53. The third kappa shape index (κ3) is 3.38. The summed E-state index contributed by atoms with van der Waals surface area (Å²) in [5, 5.41) is 10.5. The molecule has 0 radical (unpaired) electrons. The third-order valence-corrected chi connectivity index (χ3v) is 4.54. The molecule has 0 aliphatic carbocycles. The maximum absolute atomic E-state index is 13.7. The van der Waals surface area contributed by atoms with E-state index in [1.54, 1.807) is 38.1 Å². The van der Waals surface area contributed by atoms with Gasteiger partial charge in [0.05, 0.1) is 11.4 Å². The minimum atomic E-state index is -3.19. The van der Waals surface area contributed by atoms with Gasteiger partial charge in [0.25, 0.3) is 5.91 Å². The first-order valence-electron chi connectivity index (χ1n) is 7.61. The second-order valence-electron chi connectivity index (χ2n) is 5.60. The Balaban J connectivity index is 1.81. The predicted molar refractivity (Wildman–Crippen MR) is 95.0 cm³/mol. The van der Waals surface area contributed by atoms with E-state index in [4.69, 9.17) is 0 Å². The van der Waals surface area contributed by atoms with Gasteiger partial charge in [0.15, 0.2) is 0 Å². The molecular formula is C17H15F2N5OS. The van der Waals surface area contributed by atoms with Crippen molar-refractivity contribution in [1.29, 1.82) is 0 Å². The van der Waals surface area contributed by atoms with Crippen LogP contribution in [0, 0.1) is 13.8 Å². The monoisotopic (exact) mass is 375 g/mol. The first-order chi connectivity index (χ1) is 12.3. The molecule has 0 fully saturated rings. The Labute approximate surface area is 152 Å². The van der Waals surface area contributed by atoms with Crippen LogP contribution in [0.1, 0.15) is 26.8 Å². The number of aryl methyl sites for hydroxylation is 2. The number of rotatable bonds is 5. The van der Waals surface area contributed by atoms with E-state index in [1.165, 1.54) is 10.7 Å². The molecule has 2 heterocycles. The fourth-order valence-corrected chi connectivity index (χ4v) is 2.87. The zero-order chi connectivity index (χ0) is 18.9. The van der Waals surface area contributed by atoms with E-state index in [-0.39, 0.29) is 11.6 Å². The van der Waals surface area contributed by atoms with Gasteiger partial charge >= 0.3 is 5.92 Å². The predicted octanol–water partition coefficient (Wildman–Crippen LogP) is 3.87. The van der Waals surface area contributed by atoms with Crippen LogP contribution in [0.5, 0.6) is 0 Å². The molecule has 0 aliphatic rings. The largest absolute Gasteiger partial charge is 0.321 e. The topological polar surface area (TPSA) is 72.7 Å². The van der Waals surface area contributed by atoms with Crippen molar-refractivity contribution < 1.29 is 13.6 Å². The molecule has 0 saturated heterocycles. The molecule has 3 rings (SSSR count). The Morgan fingerprint density at radius 2 is 2.00 bits per heavy atom. The lowest BCUT2D eigenvalue weighted by atomic mass is 10.2. The number of hydrogen-bond donors (Lipinski definition) is 1. The molecule has 0 aliphatic heterocycles. The quantitative estimate of drug-likeness (QED) is 0.687. The zero-order valence-corrected chi connectivity index (χ0v) is 14.8. The fraction of sp³-hybridized carbons (Fsp3) is 0.176. The SMILES string of the molecule is C=CC(F)(F)c1cc(C)n(-c2ccc(NC(=O)c3snnc3C)cc2)n1. The number of allylic oxidation sites excluding steroid dienone is 1. The van der Waals surface area contributed by atoms with Gasteiger partial charge in [0, 0.05) is 11.4 Å². The van der Waals surface area contributed by atoms with Crippen LogP contribution in [-0.4, -0.2) is 25.3 Å². The Bertz CT molecular complexity index is 962. The van der Waals surface area contributed by atoms with Crippen LogP contribution in [0.25, 0.3) is 5.69 Å². The van der Waals surface area contributed by atoms with Crippen molar-refractivity contribution >= 4 is 23.1 Å². The second-order valence-corrected chi connectivity index (χ2v) is 6.35. The van der Waals surface area contributed by atoms with Gasteiger partial charge in [0.1, 0.15) is 10.6 Å². The number of hydrogen-bond acceptors (Lipinski definition) is 5. The maximum Gasteiger partial charge on any atom is 0.309 e. The summed E-state index contributed by atoms with van der Waals surface area (Å²) in [6.07, 6.45) is 0.564. The number of carbonyl (C=O) groups excluding carboxylic acids is 1. The Hall–Kier alpha value is -2.94.